The van der Waals surface area contributed by atoms with E-state index in [1.165, 1.54) is 24.4 Å². The van der Waals surface area contributed by atoms with Crippen molar-refractivity contribution in [2.24, 2.45) is 0 Å². The van der Waals surface area contributed by atoms with Crippen LogP contribution in [0.5, 0.6) is 0 Å². The van der Waals surface area contributed by atoms with Crippen LogP contribution in [-0.2, 0) is 9.53 Å². The maximum absolute atomic E-state index is 11.4. The molecule has 3 aromatic rings. The number of hydrogen-bond donors (Lipinski definition) is 0. The van der Waals surface area contributed by atoms with Crippen LogP contribution in [0.15, 0.2) is 23.2 Å². The lowest BCUT2D eigenvalue weighted by atomic mass is 10.1. The first-order chi connectivity index (χ1) is 11.9. The minimum Gasteiger partial charge on any atom is -0.468 e. The molecule has 0 fully saturated rings. The first-order valence-electron chi connectivity index (χ1n) is 7.92. The number of thioether (sulfide) groups is 1. The lowest BCUT2D eigenvalue weighted by molar-refractivity contribution is -0.137. The standard InChI is InChI=1S/C18H20N4O2S/c1-10-6-7-14(11(2)8-10)22-13(4)16-12(3)19-20-18(17(16)21-22)25-9-15(23)24-5/h6-8H,9H2,1-5H3. The highest BCUT2D eigenvalue weighted by atomic mass is 32.2. The van der Waals surface area contributed by atoms with Crippen molar-refractivity contribution in [1.82, 2.24) is 20.0 Å². The summed E-state index contributed by atoms with van der Waals surface area (Å²) in [5.41, 5.74) is 5.99. The van der Waals surface area contributed by atoms with Crippen molar-refractivity contribution in [3.8, 4) is 5.69 Å². The largest absolute Gasteiger partial charge is 0.468 e. The molecule has 0 saturated carbocycles. The Morgan fingerprint density at radius 1 is 1.20 bits per heavy atom. The number of benzene rings is 1. The van der Waals surface area contributed by atoms with E-state index in [4.69, 9.17) is 9.84 Å². The molecule has 7 heteroatoms. The number of carbonyl (C=O) groups is 1. The van der Waals surface area contributed by atoms with E-state index in [9.17, 15) is 4.79 Å². The lowest BCUT2D eigenvalue weighted by Gasteiger charge is -2.08. The van der Waals surface area contributed by atoms with Crippen molar-refractivity contribution in [2.75, 3.05) is 12.9 Å². The number of ether oxygens (including phenoxy) is 1. The topological polar surface area (TPSA) is 69.9 Å². The van der Waals surface area contributed by atoms with E-state index in [1.54, 1.807) is 0 Å². The van der Waals surface area contributed by atoms with Gasteiger partial charge >= 0.3 is 5.97 Å². The van der Waals surface area contributed by atoms with Crippen molar-refractivity contribution in [1.29, 1.82) is 0 Å². The maximum Gasteiger partial charge on any atom is 0.316 e. The molecule has 0 saturated heterocycles. The van der Waals surface area contributed by atoms with Crippen LogP contribution in [0.3, 0.4) is 0 Å². The van der Waals surface area contributed by atoms with Gasteiger partial charge in [-0.25, -0.2) is 4.68 Å². The van der Waals surface area contributed by atoms with Crippen LogP contribution in [0, 0.1) is 27.7 Å². The van der Waals surface area contributed by atoms with Crippen LogP contribution in [-0.4, -0.2) is 38.8 Å². The summed E-state index contributed by atoms with van der Waals surface area (Å²) in [6, 6.07) is 6.28. The fourth-order valence-electron chi connectivity index (χ4n) is 2.86. The molecule has 3 rings (SSSR count). The molecule has 1 aromatic carbocycles. The van der Waals surface area contributed by atoms with Crippen molar-refractivity contribution in [3.05, 3.63) is 40.7 Å². The first-order valence-corrected chi connectivity index (χ1v) is 8.90. The second-order valence-electron chi connectivity index (χ2n) is 5.97. The number of carbonyl (C=O) groups excluding carboxylic acids is 1. The second kappa shape index (κ2) is 6.84. The van der Waals surface area contributed by atoms with Crippen LogP contribution < -0.4 is 0 Å². The quantitative estimate of drug-likeness (QED) is 0.528. The Morgan fingerprint density at radius 2 is 1.96 bits per heavy atom. The van der Waals surface area contributed by atoms with Gasteiger partial charge in [0.15, 0.2) is 0 Å². The number of hydrogen-bond acceptors (Lipinski definition) is 6. The third kappa shape index (κ3) is 3.24. The van der Waals surface area contributed by atoms with Crippen molar-refractivity contribution < 1.29 is 9.53 Å². The molecule has 0 spiro atoms. The summed E-state index contributed by atoms with van der Waals surface area (Å²) in [5, 5.41) is 14.9. The molecule has 0 aliphatic heterocycles. The van der Waals surface area contributed by atoms with E-state index in [0.717, 1.165) is 33.5 Å². The van der Waals surface area contributed by atoms with Gasteiger partial charge in [0, 0.05) is 5.39 Å². The zero-order valence-electron chi connectivity index (χ0n) is 15.0. The van der Waals surface area contributed by atoms with Gasteiger partial charge in [-0.15, -0.1) is 5.10 Å². The van der Waals surface area contributed by atoms with Crippen molar-refractivity contribution >= 4 is 28.6 Å². The highest BCUT2D eigenvalue weighted by molar-refractivity contribution is 8.00. The molecular formula is C18H20N4O2S. The molecule has 0 N–H and O–H groups in total. The number of aryl methyl sites for hydroxylation is 4. The van der Waals surface area contributed by atoms with Gasteiger partial charge in [-0.2, -0.15) is 10.2 Å². The highest BCUT2D eigenvalue weighted by Crippen LogP contribution is 2.30. The van der Waals surface area contributed by atoms with Crippen LogP contribution in [0.1, 0.15) is 22.5 Å². The van der Waals surface area contributed by atoms with E-state index in [0.29, 0.717) is 5.03 Å². The minimum absolute atomic E-state index is 0.179. The van der Waals surface area contributed by atoms with E-state index < -0.39 is 0 Å². The Balaban J connectivity index is 2.14. The summed E-state index contributed by atoms with van der Waals surface area (Å²) in [6.45, 7) is 8.09. The fourth-order valence-corrected chi connectivity index (χ4v) is 3.61. The number of fused-ring (bicyclic) bond motifs is 1. The molecule has 0 aliphatic rings. The number of methoxy groups -OCH3 is 1. The molecule has 2 aromatic heterocycles. The SMILES string of the molecule is COC(=O)CSc1nnc(C)c2c(C)n(-c3ccc(C)cc3C)nc12. The Labute approximate surface area is 150 Å². The molecule has 25 heavy (non-hydrogen) atoms. The van der Waals surface area contributed by atoms with Crippen molar-refractivity contribution in [2.45, 2.75) is 32.7 Å². The first kappa shape index (κ1) is 17.4. The molecule has 0 atom stereocenters. The van der Waals surface area contributed by atoms with Crippen LogP contribution in [0.2, 0.25) is 0 Å². The van der Waals surface area contributed by atoms with Gasteiger partial charge in [-0.05, 0) is 39.3 Å². The molecule has 2 heterocycles. The third-order valence-corrected chi connectivity index (χ3v) is 5.03. The zero-order valence-corrected chi connectivity index (χ0v) is 15.8. The summed E-state index contributed by atoms with van der Waals surface area (Å²) < 4.78 is 6.63. The smallest absolute Gasteiger partial charge is 0.316 e. The van der Waals surface area contributed by atoms with Gasteiger partial charge in [0.1, 0.15) is 10.5 Å². The van der Waals surface area contributed by atoms with Gasteiger partial charge in [0.05, 0.1) is 29.9 Å². The van der Waals surface area contributed by atoms with Gasteiger partial charge < -0.3 is 4.74 Å². The Bertz CT molecular complexity index is 965. The molecule has 0 unspecified atom stereocenters. The highest BCUT2D eigenvalue weighted by Gasteiger charge is 2.18. The number of nitrogens with zero attached hydrogens (tertiary/aromatic N) is 4. The predicted molar refractivity (Wildman–Crippen MR) is 98.3 cm³/mol. The number of rotatable bonds is 4. The maximum atomic E-state index is 11.4. The minimum atomic E-state index is -0.300. The summed E-state index contributed by atoms with van der Waals surface area (Å²) in [4.78, 5) is 11.4. The van der Waals surface area contributed by atoms with Gasteiger partial charge in [-0.3, -0.25) is 4.79 Å². The number of esters is 1. The third-order valence-electron chi connectivity index (χ3n) is 4.11. The molecule has 0 amide bonds. The van der Waals surface area contributed by atoms with Gasteiger partial charge in [0.2, 0.25) is 0 Å². The summed E-state index contributed by atoms with van der Waals surface area (Å²) in [5.74, 6) is -0.121. The molecule has 0 aliphatic carbocycles. The van der Waals surface area contributed by atoms with E-state index in [2.05, 4.69) is 42.2 Å². The predicted octanol–water partition coefficient (Wildman–Crippen LogP) is 3.31. The Hall–Kier alpha value is -2.41. The molecule has 6 nitrogen and oxygen atoms in total. The van der Waals surface area contributed by atoms with Crippen molar-refractivity contribution in [3.63, 3.8) is 0 Å². The van der Waals surface area contributed by atoms with Crippen LogP contribution in [0.25, 0.3) is 16.6 Å². The van der Waals surface area contributed by atoms with E-state index >= 15 is 0 Å². The van der Waals surface area contributed by atoms with Gasteiger partial charge in [0.25, 0.3) is 0 Å². The van der Waals surface area contributed by atoms with E-state index in [-0.39, 0.29) is 11.7 Å². The van der Waals surface area contributed by atoms with Crippen LogP contribution in [0.4, 0.5) is 0 Å². The fraction of sp³-hybridized carbons (Fsp3) is 0.333. The lowest BCUT2D eigenvalue weighted by Crippen LogP contribution is -2.04. The summed E-state index contributed by atoms with van der Waals surface area (Å²) in [6.07, 6.45) is 0. The number of aromatic nitrogens is 4. The Morgan fingerprint density at radius 3 is 2.64 bits per heavy atom. The summed E-state index contributed by atoms with van der Waals surface area (Å²) in [7, 11) is 1.37. The molecule has 0 bridgehead atoms. The second-order valence-corrected chi connectivity index (χ2v) is 6.93. The monoisotopic (exact) mass is 356 g/mol. The summed E-state index contributed by atoms with van der Waals surface area (Å²) >= 11 is 1.29. The Kier molecular flexibility index (Phi) is 4.76. The molecule has 0 radical (unpaired) electrons. The van der Waals surface area contributed by atoms with Crippen LogP contribution >= 0.6 is 11.8 Å². The zero-order chi connectivity index (χ0) is 18.1. The van der Waals surface area contributed by atoms with E-state index in [1.807, 2.05) is 18.5 Å². The normalized spacial score (nSPS) is 11.1. The molecule has 130 valence electrons. The average molecular weight is 356 g/mol. The average Bonchev–Trinajstić information content (AvgIpc) is 2.92. The molecular weight excluding hydrogens is 336 g/mol. The van der Waals surface area contributed by atoms with Gasteiger partial charge in [-0.1, -0.05) is 29.5 Å².